The molecule has 2 aliphatic rings. The highest BCUT2D eigenvalue weighted by molar-refractivity contribution is 7.89. The van der Waals surface area contributed by atoms with Crippen molar-refractivity contribution in [3.8, 4) is 0 Å². The Balaban J connectivity index is 1.41. The summed E-state index contributed by atoms with van der Waals surface area (Å²) in [6.45, 7) is 0.682. The average Bonchev–Trinajstić information content (AvgIpc) is 3.32. The number of aromatic amines is 1. The minimum Gasteiger partial charge on any atom is -0.295 e. The maximum atomic E-state index is 12.9. The van der Waals surface area contributed by atoms with E-state index in [2.05, 4.69) is 20.5 Å². The minimum atomic E-state index is -3.51. The molecule has 0 bridgehead atoms. The second-order valence-corrected chi connectivity index (χ2v) is 8.72. The summed E-state index contributed by atoms with van der Waals surface area (Å²) >= 11 is 0. The Hall–Kier alpha value is -2.26. The van der Waals surface area contributed by atoms with E-state index in [0.29, 0.717) is 36.8 Å². The molecule has 2 aromatic rings. The summed E-state index contributed by atoms with van der Waals surface area (Å²) < 4.78 is 27.3. The van der Waals surface area contributed by atoms with Crippen molar-refractivity contribution in [2.45, 2.75) is 37.0 Å². The van der Waals surface area contributed by atoms with Crippen LogP contribution in [0.5, 0.6) is 0 Å². The molecule has 4 rings (SSSR count). The number of carbonyl (C=O) groups excluding carboxylic acids is 1. The van der Waals surface area contributed by atoms with Gasteiger partial charge < -0.3 is 0 Å². The van der Waals surface area contributed by atoms with E-state index >= 15 is 0 Å². The van der Waals surface area contributed by atoms with Gasteiger partial charge in [-0.25, -0.2) is 13.5 Å². The topological polar surface area (TPSA) is 108 Å². The quantitative estimate of drug-likeness (QED) is 0.838. The number of anilines is 1. The summed E-state index contributed by atoms with van der Waals surface area (Å²) in [5, 5.41) is 8.94. The Kier molecular flexibility index (Phi) is 4.49. The number of nitrogens with one attached hydrogen (secondary N) is 2. The minimum absolute atomic E-state index is 0.156. The fraction of sp³-hybridized carbons (Fsp3) is 0.471. The van der Waals surface area contributed by atoms with Crippen LogP contribution in [0.1, 0.15) is 30.4 Å². The third-order valence-electron chi connectivity index (χ3n) is 5.19. The van der Waals surface area contributed by atoms with Gasteiger partial charge in [-0.05, 0) is 55.4 Å². The molecule has 26 heavy (non-hydrogen) atoms. The molecule has 1 amide bonds. The lowest BCUT2D eigenvalue weighted by atomic mass is 9.97. The van der Waals surface area contributed by atoms with Gasteiger partial charge in [0.15, 0.2) is 0 Å². The number of benzene rings is 1. The van der Waals surface area contributed by atoms with E-state index in [1.807, 2.05) is 12.1 Å². The van der Waals surface area contributed by atoms with Gasteiger partial charge in [0.25, 0.3) is 0 Å². The molecule has 8 nitrogen and oxygen atoms in total. The Bertz CT molecular complexity index is 902. The van der Waals surface area contributed by atoms with Crippen LogP contribution < -0.4 is 5.32 Å². The fourth-order valence-electron chi connectivity index (χ4n) is 3.70. The molecule has 138 valence electrons. The van der Waals surface area contributed by atoms with Gasteiger partial charge in [0.2, 0.25) is 21.9 Å². The number of hydrogen-bond acceptors (Lipinski definition) is 5. The first-order valence-corrected chi connectivity index (χ1v) is 10.3. The largest absolute Gasteiger partial charge is 0.295 e. The van der Waals surface area contributed by atoms with Crippen LogP contribution >= 0.6 is 0 Å². The monoisotopic (exact) mass is 375 g/mol. The number of sulfonamides is 1. The number of aromatic nitrogens is 3. The maximum Gasteiger partial charge on any atom is 0.243 e. The Morgan fingerprint density at radius 3 is 2.69 bits per heavy atom. The van der Waals surface area contributed by atoms with Crippen molar-refractivity contribution in [1.82, 2.24) is 19.5 Å². The molecule has 1 aliphatic heterocycles. The van der Waals surface area contributed by atoms with Crippen LogP contribution in [0.4, 0.5) is 5.95 Å². The van der Waals surface area contributed by atoms with Crippen LogP contribution in [-0.2, 0) is 27.7 Å². The van der Waals surface area contributed by atoms with Gasteiger partial charge in [-0.15, -0.1) is 0 Å². The van der Waals surface area contributed by atoms with E-state index in [1.165, 1.54) is 16.2 Å². The van der Waals surface area contributed by atoms with Crippen LogP contribution in [0.2, 0.25) is 0 Å². The third-order valence-corrected chi connectivity index (χ3v) is 7.08. The fourth-order valence-corrected chi connectivity index (χ4v) is 5.22. The Morgan fingerprint density at radius 1 is 1.19 bits per heavy atom. The highest BCUT2D eigenvalue weighted by atomic mass is 32.2. The predicted molar refractivity (Wildman–Crippen MR) is 95.0 cm³/mol. The number of fused-ring (bicyclic) bond motifs is 1. The number of aryl methyl sites for hydroxylation is 2. The average molecular weight is 375 g/mol. The van der Waals surface area contributed by atoms with Gasteiger partial charge in [-0.3, -0.25) is 10.1 Å². The van der Waals surface area contributed by atoms with Gasteiger partial charge >= 0.3 is 0 Å². The highest BCUT2D eigenvalue weighted by Gasteiger charge is 2.32. The second kappa shape index (κ2) is 6.81. The zero-order valence-corrected chi connectivity index (χ0v) is 15.1. The molecular formula is C17H21N5O3S. The van der Waals surface area contributed by atoms with E-state index < -0.39 is 10.0 Å². The van der Waals surface area contributed by atoms with E-state index in [0.717, 1.165) is 24.8 Å². The number of nitrogens with zero attached hydrogens (tertiary/aromatic N) is 3. The summed E-state index contributed by atoms with van der Waals surface area (Å²) in [6.07, 6.45) is 5.37. The molecule has 2 N–H and O–H groups in total. The summed E-state index contributed by atoms with van der Waals surface area (Å²) in [5.74, 6) is -0.0777. The lowest BCUT2D eigenvalue weighted by Gasteiger charge is -2.30. The molecule has 1 aromatic heterocycles. The van der Waals surface area contributed by atoms with Crippen molar-refractivity contribution < 1.29 is 13.2 Å². The zero-order chi connectivity index (χ0) is 18.1. The van der Waals surface area contributed by atoms with Crippen LogP contribution in [0.3, 0.4) is 0 Å². The molecule has 2 heterocycles. The van der Waals surface area contributed by atoms with E-state index in [9.17, 15) is 13.2 Å². The lowest BCUT2D eigenvalue weighted by Crippen LogP contribution is -2.41. The van der Waals surface area contributed by atoms with Gasteiger partial charge in [0.1, 0.15) is 6.33 Å². The highest BCUT2D eigenvalue weighted by Crippen LogP contribution is 2.28. The molecule has 0 spiro atoms. The molecule has 1 aliphatic carbocycles. The van der Waals surface area contributed by atoms with E-state index in [-0.39, 0.29) is 11.8 Å². The zero-order valence-electron chi connectivity index (χ0n) is 14.3. The summed E-state index contributed by atoms with van der Waals surface area (Å²) in [5.41, 5.74) is 2.40. The molecule has 1 saturated heterocycles. The van der Waals surface area contributed by atoms with Gasteiger partial charge in [0, 0.05) is 19.0 Å². The number of amides is 1. The first kappa shape index (κ1) is 17.2. The van der Waals surface area contributed by atoms with Crippen LogP contribution in [0.15, 0.2) is 29.4 Å². The lowest BCUT2D eigenvalue weighted by molar-refractivity contribution is -0.121. The first-order chi connectivity index (χ1) is 12.5. The molecule has 1 fully saturated rings. The van der Waals surface area contributed by atoms with Crippen molar-refractivity contribution >= 4 is 21.9 Å². The Morgan fingerprint density at radius 2 is 1.96 bits per heavy atom. The normalized spacial score (nSPS) is 18.6. The number of H-pyrrole nitrogens is 1. The number of carbonyl (C=O) groups is 1. The second-order valence-electron chi connectivity index (χ2n) is 6.79. The van der Waals surface area contributed by atoms with Crippen molar-refractivity contribution in [2.24, 2.45) is 5.92 Å². The van der Waals surface area contributed by atoms with Crippen LogP contribution in [0.25, 0.3) is 0 Å². The van der Waals surface area contributed by atoms with Crippen molar-refractivity contribution in [1.29, 1.82) is 0 Å². The van der Waals surface area contributed by atoms with Gasteiger partial charge in [-0.1, -0.05) is 6.07 Å². The molecule has 1 aromatic carbocycles. The van der Waals surface area contributed by atoms with Crippen LogP contribution in [-0.4, -0.2) is 46.9 Å². The number of hydrogen-bond donors (Lipinski definition) is 2. The molecule has 0 unspecified atom stereocenters. The van der Waals surface area contributed by atoms with Gasteiger partial charge in [-0.2, -0.15) is 14.4 Å². The first-order valence-electron chi connectivity index (χ1n) is 8.82. The van der Waals surface area contributed by atoms with Crippen molar-refractivity contribution in [3.63, 3.8) is 0 Å². The molecule has 0 saturated carbocycles. The van der Waals surface area contributed by atoms with E-state index in [4.69, 9.17) is 0 Å². The maximum absolute atomic E-state index is 12.9. The number of rotatable bonds is 4. The third kappa shape index (κ3) is 3.24. The van der Waals surface area contributed by atoms with Gasteiger partial charge in [0.05, 0.1) is 4.90 Å². The molecule has 9 heteroatoms. The van der Waals surface area contributed by atoms with Crippen LogP contribution in [0, 0.1) is 5.92 Å². The Labute approximate surface area is 152 Å². The summed E-state index contributed by atoms with van der Waals surface area (Å²) in [6, 6.07) is 5.47. The number of piperidine rings is 1. The molecular weight excluding hydrogens is 354 g/mol. The molecule has 0 radical (unpaired) electrons. The summed E-state index contributed by atoms with van der Waals surface area (Å²) in [4.78, 5) is 16.5. The summed E-state index contributed by atoms with van der Waals surface area (Å²) in [7, 11) is -3.51. The SMILES string of the molecule is O=C(Nc1ncn[nH]1)C1CCN(S(=O)(=O)c2ccc3c(c2)CCC3)CC1. The van der Waals surface area contributed by atoms with E-state index in [1.54, 1.807) is 6.07 Å². The predicted octanol–water partition coefficient (Wildman–Crippen LogP) is 1.33. The standard InChI is InChI=1S/C17H21N5O3S/c23-16(20-17-18-11-19-21-17)13-6-8-22(9-7-13)26(24,25)15-5-4-12-2-1-3-14(12)10-15/h4-5,10-11,13H,1-3,6-9H2,(H2,18,19,20,21,23). The smallest absolute Gasteiger partial charge is 0.243 e. The van der Waals surface area contributed by atoms with Crippen molar-refractivity contribution in [2.75, 3.05) is 18.4 Å². The molecule has 0 atom stereocenters. The van der Waals surface area contributed by atoms with Crippen molar-refractivity contribution in [3.05, 3.63) is 35.7 Å².